The molecule has 0 amide bonds. The summed E-state index contributed by atoms with van der Waals surface area (Å²) in [6, 6.07) is 7.59. The number of carbonyl (C=O) groups is 1. The van der Waals surface area contributed by atoms with Crippen molar-refractivity contribution in [3.63, 3.8) is 0 Å². The quantitative estimate of drug-likeness (QED) is 0.605. The van der Waals surface area contributed by atoms with Crippen molar-refractivity contribution in [2.24, 2.45) is 0 Å². The highest BCUT2D eigenvalue weighted by molar-refractivity contribution is 6.11. The van der Waals surface area contributed by atoms with E-state index in [0.717, 1.165) is 16.7 Å². The van der Waals surface area contributed by atoms with Crippen LogP contribution in [0.15, 0.2) is 42.5 Å². The number of ketones is 1. The van der Waals surface area contributed by atoms with Gasteiger partial charge >= 0.3 is 0 Å². The van der Waals surface area contributed by atoms with Crippen LogP contribution in [0.1, 0.15) is 11.1 Å². The van der Waals surface area contributed by atoms with Gasteiger partial charge in [-0.2, -0.15) is 0 Å². The van der Waals surface area contributed by atoms with E-state index < -0.39 is 0 Å². The summed E-state index contributed by atoms with van der Waals surface area (Å²) in [4.78, 5) is 11.0. The SMILES string of the molecule is C#Cc1cccc(C2=CC(=O)C=C2)c1. The van der Waals surface area contributed by atoms with Gasteiger partial charge in [-0.1, -0.05) is 24.1 Å². The molecule has 0 atom stereocenters. The van der Waals surface area contributed by atoms with Crippen molar-refractivity contribution in [3.8, 4) is 12.3 Å². The van der Waals surface area contributed by atoms with Crippen molar-refractivity contribution in [1.29, 1.82) is 0 Å². The van der Waals surface area contributed by atoms with Gasteiger partial charge in [0.1, 0.15) is 0 Å². The van der Waals surface area contributed by atoms with E-state index in [-0.39, 0.29) is 5.78 Å². The largest absolute Gasteiger partial charge is 0.290 e. The Morgan fingerprint density at radius 1 is 1.21 bits per heavy atom. The van der Waals surface area contributed by atoms with Crippen LogP contribution in [0.4, 0.5) is 0 Å². The third kappa shape index (κ3) is 1.51. The molecule has 1 aromatic rings. The van der Waals surface area contributed by atoms with Crippen LogP contribution in [0.5, 0.6) is 0 Å². The summed E-state index contributed by atoms with van der Waals surface area (Å²) in [5, 5.41) is 0. The first-order chi connectivity index (χ1) is 6.79. The minimum absolute atomic E-state index is 0.0334. The molecule has 0 spiro atoms. The average Bonchev–Trinajstić information content (AvgIpc) is 2.65. The van der Waals surface area contributed by atoms with Gasteiger partial charge in [0.15, 0.2) is 5.78 Å². The van der Waals surface area contributed by atoms with E-state index in [1.54, 1.807) is 18.2 Å². The normalized spacial score (nSPS) is 13.9. The number of terminal acetylenes is 1. The number of hydrogen-bond acceptors (Lipinski definition) is 1. The molecule has 0 bridgehead atoms. The van der Waals surface area contributed by atoms with E-state index in [9.17, 15) is 4.79 Å². The Morgan fingerprint density at radius 2 is 2.07 bits per heavy atom. The molecule has 14 heavy (non-hydrogen) atoms. The van der Waals surface area contributed by atoms with Crippen molar-refractivity contribution in [1.82, 2.24) is 0 Å². The van der Waals surface area contributed by atoms with Gasteiger partial charge in [-0.05, 0) is 35.4 Å². The first-order valence-electron chi connectivity index (χ1n) is 4.30. The maximum Gasteiger partial charge on any atom is 0.179 e. The van der Waals surface area contributed by atoms with Gasteiger partial charge in [0.2, 0.25) is 0 Å². The van der Waals surface area contributed by atoms with E-state index >= 15 is 0 Å². The van der Waals surface area contributed by atoms with Crippen molar-refractivity contribution >= 4 is 11.4 Å². The molecule has 1 aliphatic rings. The minimum Gasteiger partial charge on any atom is -0.290 e. The molecule has 0 heterocycles. The fourth-order valence-corrected chi connectivity index (χ4v) is 1.39. The Labute approximate surface area is 82.8 Å². The Kier molecular flexibility index (Phi) is 2.04. The topological polar surface area (TPSA) is 17.1 Å². The lowest BCUT2D eigenvalue weighted by atomic mass is 10.0. The van der Waals surface area contributed by atoms with Gasteiger partial charge in [-0.15, -0.1) is 6.42 Å². The molecule has 0 radical (unpaired) electrons. The lowest BCUT2D eigenvalue weighted by molar-refractivity contribution is -0.110. The molecule has 1 aromatic carbocycles. The van der Waals surface area contributed by atoms with Gasteiger partial charge in [0.25, 0.3) is 0 Å². The second kappa shape index (κ2) is 3.35. The molecule has 1 aliphatic carbocycles. The number of carbonyl (C=O) groups excluding carboxylic acids is 1. The van der Waals surface area contributed by atoms with Crippen molar-refractivity contribution in [3.05, 3.63) is 53.6 Å². The zero-order chi connectivity index (χ0) is 9.97. The molecule has 0 aliphatic heterocycles. The maximum atomic E-state index is 11.0. The number of rotatable bonds is 1. The van der Waals surface area contributed by atoms with Crippen LogP contribution in [0.2, 0.25) is 0 Å². The molecular weight excluding hydrogens is 172 g/mol. The number of hydrogen-bond donors (Lipinski definition) is 0. The minimum atomic E-state index is 0.0334. The van der Waals surface area contributed by atoms with E-state index in [0.29, 0.717) is 0 Å². The molecule has 1 nitrogen and oxygen atoms in total. The highest BCUT2D eigenvalue weighted by Gasteiger charge is 2.06. The summed E-state index contributed by atoms with van der Waals surface area (Å²) in [5.74, 6) is 2.60. The monoisotopic (exact) mass is 180 g/mol. The predicted molar refractivity (Wildman–Crippen MR) is 56.5 cm³/mol. The fraction of sp³-hybridized carbons (Fsp3) is 0. The van der Waals surface area contributed by atoms with Crippen LogP contribution in [0, 0.1) is 12.3 Å². The number of allylic oxidation sites excluding steroid dienone is 4. The Hall–Kier alpha value is -2.07. The van der Waals surface area contributed by atoms with E-state index in [4.69, 9.17) is 6.42 Å². The Bertz CT molecular complexity index is 484. The summed E-state index contributed by atoms with van der Waals surface area (Å²) < 4.78 is 0. The Morgan fingerprint density at radius 3 is 2.71 bits per heavy atom. The second-order valence-corrected chi connectivity index (χ2v) is 3.06. The molecule has 0 fully saturated rings. The second-order valence-electron chi connectivity index (χ2n) is 3.06. The third-order valence-corrected chi connectivity index (χ3v) is 2.09. The molecule has 66 valence electrons. The molecule has 0 N–H and O–H groups in total. The first-order valence-corrected chi connectivity index (χ1v) is 4.30. The van der Waals surface area contributed by atoms with E-state index in [1.165, 1.54) is 0 Å². The van der Waals surface area contributed by atoms with Crippen LogP contribution >= 0.6 is 0 Å². The summed E-state index contributed by atoms with van der Waals surface area (Å²) in [7, 11) is 0. The summed E-state index contributed by atoms with van der Waals surface area (Å²) >= 11 is 0. The van der Waals surface area contributed by atoms with Crippen LogP contribution in [-0.4, -0.2) is 5.78 Å². The van der Waals surface area contributed by atoms with Crippen LogP contribution < -0.4 is 0 Å². The smallest absolute Gasteiger partial charge is 0.179 e. The molecule has 2 rings (SSSR count). The molecule has 0 saturated heterocycles. The van der Waals surface area contributed by atoms with Crippen LogP contribution in [0.3, 0.4) is 0 Å². The van der Waals surface area contributed by atoms with Crippen molar-refractivity contribution in [2.45, 2.75) is 0 Å². The zero-order valence-corrected chi connectivity index (χ0v) is 7.53. The lowest BCUT2D eigenvalue weighted by Gasteiger charge is -1.99. The highest BCUT2D eigenvalue weighted by atomic mass is 16.1. The molecule has 1 heteroatoms. The zero-order valence-electron chi connectivity index (χ0n) is 7.53. The first kappa shape index (κ1) is 8.52. The average molecular weight is 180 g/mol. The molecule has 0 aromatic heterocycles. The summed E-state index contributed by atoms with van der Waals surface area (Å²) in [6.07, 6.45) is 10.3. The van der Waals surface area contributed by atoms with Crippen molar-refractivity contribution in [2.75, 3.05) is 0 Å². The predicted octanol–water partition coefficient (Wildman–Crippen LogP) is 2.19. The molecular formula is C13H8O. The standard InChI is InChI=1S/C13H8O/c1-2-10-4-3-5-11(8-10)12-6-7-13(14)9-12/h1,3-9H. The third-order valence-electron chi connectivity index (χ3n) is 2.09. The van der Waals surface area contributed by atoms with Gasteiger partial charge < -0.3 is 0 Å². The lowest BCUT2D eigenvalue weighted by Crippen LogP contribution is -1.82. The fourth-order valence-electron chi connectivity index (χ4n) is 1.39. The van der Waals surface area contributed by atoms with Gasteiger partial charge in [0.05, 0.1) is 0 Å². The van der Waals surface area contributed by atoms with E-state index in [1.807, 2.05) is 24.3 Å². The number of benzene rings is 1. The highest BCUT2D eigenvalue weighted by Crippen LogP contribution is 2.20. The summed E-state index contributed by atoms with van der Waals surface area (Å²) in [6.45, 7) is 0. The van der Waals surface area contributed by atoms with Crippen molar-refractivity contribution < 1.29 is 4.79 Å². The van der Waals surface area contributed by atoms with Gasteiger partial charge in [-0.25, -0.2) is 0 Å². The maximum absolute atomic E-state index is 11.0. The summed E-state index contributed by atoms with van der Waals surface area (Å²) in [5.41, 5.74) is 2.74. The van der Waals surface area contributed by atoms with Crippen LogP contribution in [0.25, 0.3) is 5.57 Å². The molecule has 0 saturated carbocycles. The van der Waals surface area contributed by atoms with E-state index in [2.05, 4.69) is 5.92 Å². The molecule has 0 unspecified atom stereocenters. The van der Waals surface area contributed by atoms with Crippen LogP contribution in [-0.2, 0) is 4.79 Å². The Balaban J connectivity index is 2.44. The van der Waals surface area contributed by atoms with Gasteiger partial charge in [-0.3, -0.25) is 4.79 Å². The van der Waals surface area contributed by atoms with Gasteiger partial charge in [0, 0.05) is 5.56 Å².